The van der Waals surface area contributed by atoms with Gasteiger partial charge >= 0.3 is 0 Å². The van der Waals surface area contributed by atoms with E-state index in [9.17, 15) is 0 Å². The number of hydrogen-bond donors (Lipinski definition) is 0. The highest BCUT2D eigenvalue weighted by Crippen LogP contribution is 2.40. The lowest BCUT2D eigenvalue weighted by Crippen LogP contribution is -2.31. The van der Waals surface area contributed by atoms with Crippen molar-refractivity contribution in [1.29, 1.82) is 0 Å². The first-order valence-electron chi connectivity index (χ1n) is 11.9. The zero-order chi connectivity index (χ0) is 25.7. The molecule has 0 aromatic rings. The van der Waals surface area contributed by atoms with Crippen LogP contribution in [-0.2, 0) is 0 Å². The van der Waals surface area contributed by atoms with Gasteiger partial charge in [-0.05, 0) is 50.2 Å². The minimum Gasteiger partial charge on any atom is -0.245 e. The SMILES string of the molecule is C=C.C=CC.C=CSC.CC.CC.CC.CC1C=CN=C(C2(C)CCC(C)CC2)N=C1. The molecule has 1 atom stereocenters. The summed E-state index contributed by atoms with van der Waals surface area (Å²) in [5.41, 5.74) is 0.206. The molecule has 0 N–H and O–H groups in total. The number of amidine groups is 1. The molecule has 2 nitrogen and oxygen atoms in total. The molecule has 2 rings (SSSR count). The van der Waals surface area contributed by atoms with Crippen molar-refractivity contribution >= 4 is 23.8 Å². The van der Waals surface area contributed by atoms with E-state index in [0.29, 0.717) is 5.92 Å². The molecule has 184 valence electrons. The quantitative estimate of drug-likeness (QED) is 0.382. The normalized spacial score (nSPS) is 22.2. The van der Waals surface area contributed by atoms with Crippen molar-refractivity contribution in [2.24, 2.45) is 27.2 Å². The van der Waals surface area contributed by atoms with Crippen LogP contribution in [0, 0.1) is 17.3 Å². The van der Waals surface area contributed by atoms with Crippen molar-refractivity contribution in [1.82, 2.24) is 0 Å². The third kappa shape index (κ3) is 24.8. The van der Waals surface area contributed by atoms with Crippen LogP contribution in [0.1, 0.15) is 94.9 Å². The maximum Gasteiger partial charge on any atom is 0.133 e. The van der Waals surface area contributed by atoms with Gasteiger partial charge in [0.1, 0.15) is 5.84 Å². The van der Waals surface area contributed by atoms with Gasteiger partial charge in [0.15, 0.2) is 0 Å². The molecule has 0 aromatic heterocycles. The predicted molar refractivity (Wildman–Crippen MR) is 155 cm³/mol. The Morgan fingerprint density at radius 3 is 1.74 bits per heavy atom. The lowest BCUT2D eigenvalue weighted by molar-refractivity contribution is 0.252. The fourth-order valence-electron chi connectivity index (χ4n) is 2.46. The zero-order valence-corrected chi connectivity index (χ0v) is 23.8. The highest BCUT2D eigenvalue weighted by atomic mass is 32.2. The van der Waals surface area contributed by atoms with E-state index in [2.05, 4.69) is 63.1 Å². The Morgan fingerprint density at radius 2 is 1.39 bits per heavy atom. The van der Waals surface area contributed by atoms with E-state index in [-0.39, 0.29) is 5.41 Å². The molecule has 1 heterocycles. The van der Waals surface area contributed by atoms with E-state index in [4.69, 9.17) is 0 Å². The first-order valence-corrected chi connectivity index (χ1v) is 13.2. The van der Waals surface area contributed by atoms with Crippen molar-refractivity contribution in [3.05, 3.63) is 50.1 Å². The summed E-state index contributed by atoms with van der Waals surface area (Å²) in [4.78, 5) is 9.12. The Balaban J connectivity index is -0.000000126. The van der Waals surface area contributed by atoms with Crippen LogP contribution < -0.4 is 0 Å². The van der Waals surface area contributed by atoms with Crippen LogP contribution in [0.2, 0.25) is 0 Å². The van der Waals surface area contributed by atoms with E-state index in [1.54, 1.807) is 23.2 Å². The molecule has 0 amide bonds. The van der Waals surface area contributed by atoms with E-state index in [1.807, 2.05) is 67.1 Å². The Hall–Kier alpha value is -1.35. The molecule has 2 aliphatic rings. The molecule has 31 heavy (non-hydrogen) atoms. The largest absolute Gasteiger partial charge is 0.245 e. The van der Waals surface area contributed by atoms with E-state index < -0.39 is 0 Å². The molecule has 0 saturated heterocycles. The van der Waals surface area contributed by atoms with Crippen LogP contribution in [0.3, 0.4) is 0 Å². The minimum absolute atomic E-state index is 0.206. The van der Waals surface area contributed by atoms with Gasteiger partial charge < -0.3 is 0 Å². The summed E-state index contributed by atoms with van der Waals surface area (Å²) in [6.45, 7) is 33.5. The van der Waals surface area contributed by atoms with Crippen molar-refractivity contribution in [3.8, 4) is 0 Å². The lowest BCUT2D eigenvalue weighted by Gasteiger charge is -2.35. The van der Waals surface area contributed by atoms with Gasteiger partial charge in [0, 0.05) is 23.7 Å². The van der Waals surface area contributed by atoms with Crippen LogP contribution in [0.25, 0.3) is 0 Å². The molecule has 1 fully saturated rings. The number of aliphatic imine (C=N–C) groups is 2. The van der Waals surface area contributed by atoms with Gasteiger partial charge in [-0.25, -0.2) is 9.98 Å². The minimum atomic E-state index is 0.206. The van der Waals surface area contributed by atoms with Crippen molar-refractivity contribution in [2.75, 3.05) is 6.26 Å². The molecule has 1 aliphatic carbocycles. The average Bonchev–Trinajstić information content (AvgIpc) is 3.07. The fourth-order valence-corrected chi connectivity index (χ4v) is 2.46. The second-order valence-corrected chi connectivity index (χ2v) is 7.29. The van der Waals surface area contributed by atoms with Crippen molar-refractivity contribution < 1.29 is 0 Å². The van der Waals surface area contributed by atoms with Gasteiger partial charge in [-0.15, -0.1) is 31.5 Å². The molecular weight excluding hydrogens is 396 g/mol. The number of thioether (sulfide) groups is 1. The Labute approximate surface area is 202 Å². The third-order valence-electron chi connectivity index (χ3n) is 4.10. The maximum absolute atomic E-state index is 4.59. The van der Waals surface area contributed by atoms with Crippen molar-refractivity contribution in [2.45, 2.75) is 94.9 Å². The number of nitrogens with zero attached hydrogens (tertiary/aromatic N) is 2. The van der Waals surface area contributed by atoms with Crippen LogP contribution in [0.5, 0.6) is 0 Å². The topological polar surface area (TPSA) is 24.7 Å². The Morgan fingerprint density at radius 1 is 1.00 bits per heavy atom. The van der Waals surface area contributed by atoms with E-state index >= 15 is 0 Å². The highest BCUT2D eigenvalue weighted by Gasteiger charge is 2.34. The maximum atomic E-state index is 4.59. The smallest absolute Gasteiger partial charge is 0.133 e. The molecule has 0 bridgehead atoms. The van der Waals surface area contributed by atoms with Gasteiger partial charge in [0.25, 0.3) is 0 Å². The zero-order valence-electron chi connectivity index (χ0n) is 23.0. The third-order valence-corrected chi connectivity index (χ3v) is 4.44. The summed E-state index contributed by atoms with van der Waals surface area (Å²) in [7, 11) is 0. The van der Waals surface area contributed by atoms with Crippen LogP contribution in [0.15, 0.2) is 60.1 Å². The molecule has 0 radical (unpaired) electrons. The van der Waals surface area contributed by atoms with Gasteiger partial charge in [0.2, 0.25) is 0 Å². The van der Waals surface area contributed by atoms with E-state index in [1.165, 1.54) is 25.7 Å². The standard InChI is InChI=1S/C14H22N2.C3H6S.C3H6.3C2H6.C2H4/c1-11-4-7-14(3,8-5-11)13-15-9-6-12(2)10-16-13;1-3-4-2;1-3-2;4*1-2/h6,9-12H,4-5,7-8H2,1-3H3;3H,1H2,2H3;3H,1H2,2H3;3*1-2H3;1-2H2. The number of hydrogen-bond acceptors (Lipinski definition) is 3. The fraction of sp³-hybridized carbons (Fsp3) is 0.643. The second-order valence-electron chi connectivity index (χ2n) is 6.49. The molecule has 1 saturated carbocycles. The van der Waals surface area contributed by atoms with Crippen LogP contribution >= 0.6 is 11.8 Å². The summed E-state index contributed by atoms with van der Waals surface area (Å²) in [5.74, 6) is 2.32. The van der Waals surface area contributed by atoms with Crippen LogP contribution in [0.4, 0.5) is 0 Å². The number of allylic oxidation sites excluding steroid dienone is 2. The monoisotopic (exact) mass is 452 g/mol. The average molecular weight is 453 g/mol. The Bertz CT molecular complexity index is 442. The van der Waals surface area contributed by atoms with Crippen molar-refractivity contribution in [3.63, 3.8) is 0 Å². The van der Waals surface area contributed by atoms with Gasteiger partial charge in [-0.3, -0.25) is 0 Å². The van der Waals surface area contributed by atoms with Gasteiger partial charge in [0.05, 0.1) is 0 Å². The van der Waals surface area contributed by atoms with E-state index in [0.717, 1.165) is 11.8 Å². The van der Waals surface area contributed by atoms with Crippen LogP contribution in [-0.4, -0.2) is 18.3 Å². The first-order chi connectivity index (χ1) is 14.9. The Kier molecular flexibility index (Phi) is 43.0. The van der Waals surface area contributed by atoms with Gasteiger partial charge in [-0.2, -0.15) is 0 Å². The summed E-state index contributed by atoms with van der Waals surface area (Å²) >= 11 is 1.62. The summed E-state index contributed by atoms with van der Waals surface area (Å²) in [6.07, 6.45) is 14.9. The highest BCUT2D eigenvalue weighted by molar-refractivity contribution is 8.01. The summed E-state index contributed by atoms with van der Waals surface area (Å²) in [6, 6.07) is 0. The first kappa shape index (κ1) is 40.1. The summed E-state index contributed by atoms with van der Waals surface area (Å²) in [5, 5.41) is 1.79. The molecule has 1 aliphatic heterocycles. The predicted octanol–water partition coefficient (Wildman–Crippen LogP) is 10.4. The number of rotatable bonds is 2. The molecular formula is C28H56N2S. The molecule has 1 unspecified atom stereocenters. The molecule has 0 spiro atoms. The molecule has 3 heteroatoms. The summed E-state index contributed by atoms with van der Waals surface area (Å²) < 4.78 is 0. The van der Waals surface area contributed by atoms with Gasteiger partial charge in [-0.1, -0.05) is 81.0 Å². The molecule has 0 aromatic carbocycles. The second kappa shape index (κ2) is 33.3. The lowest BCUT2D eigenvalue weighted by atomic mass is 9.71.